The van der Waals surface area contributed by atoms with Crippen molar-refractivity contribution in [3.8, 4) is 11.1 Å². The zero-order valence-corrected chi connectivity index (χ0v) is 12.0. The molecule has 1 aliphatic heterocycles. The standard InChI is InChI=1S/C18H19NO2/c1-2-17(13-19-9-1)15-4-3-14-5-7-18(20-10-11-21-18)8-6-16(14)12-15/h1-4,9,12-13H,5-8,10-11H2. The summed E-state index contributed by atoms with van der Waals surface area (Å²) in [5, 5.41) is 0. The Kier molecular flexibility index (Phi) is 3.24. The van der Waals surface area contributed by atoms with Gasteiger partial charge in [0.1, 0.15) is 0 Å². The molecular formula is C18H19NO2. The fourth-order valence-corrected chi connectivity index (χ4v) is 3.38. The number of pyridine rings is 1. The van der Waals surface area contributed by atoms with Crippen LogP contribution >= 0.6 is 0 Å². The molecule has 1 saturated heterocycles. The molecule has 3 nitrogen and oxygen atoms in total. The van der Waals surface area contributed by atoms with E-state index in [1.807, 2.05) is 18.5 Å². The van der Waals surface area contributed by atoms with E-state index in [1.54, 1.807) is 0 Å². The third kappa shape index (κ3) is 2.47. The number of benzene rings is 1. The first-order chi connectivity index (χ1) is 10.3. The zero-order valence-electron chi connectivity index (χ0n) is 12.0. The second kappa shape index (κ2) is 5.24. The van der Waals surface area contributed by atoms with Gasteiger partial charge in [0.05, 0.1) is 13.2 Å². The van der Waals surface area contributed by atoms with Crippen molar-refractivity contribution in [1.82, 2.24) is 4.98 Å². The van der Waals surface area contributed by atoms with Crippen LogP contribution < -0.4 is 0 Å². The van der Waals surface area contributed by atoms with Crippen LogP contribution in [0.1, 0.15) is 24.0 Å². The van der Waals surface area contributed by atoms with E-state index >= 15 is 0 Å². The lowest BCUT2D eigenvalue weighted by atomic mass is 9.97. The summed E-state index contributed by atoms with van der Waals surface area (Å²) in [6, 6.07) is 10.8. The van der Waals surface area contributed by atoms with E-state index in [0.717, 1.165) is 38.9 Å². The van der Waals surface area contributed by atoms with Crippen LogP contribution in [-0.2, 0) is 22.3 Å². The number of fused-ring (bicyclic) bond motifs is 1. The van der Waals surface area contributed by atoms with Crippen molar-refractivity contribution in [3.63, 3.8) is 0 Å². The average molecular weight is 281 g/mol. The Morgan fingerprint density at radius 1 is 0.905 bits per heavy atom. The third-order valence-electron chi connectivity index (χ3n) is 4.57. The Hall–Kier alpha value is -1.71. The molecule has 3 heteroatoms. The normalized spacial score (nSPS) is 20.2. The minimum Gasteiger partial charge on any atom is -0.348 e. The quantitative estimate of drug-likeness (QED) is 0.803. The Bertz CT molecular complexity index is 633. The van der Waals surface area contributed by atoms with Gasteiger partial charge >= 0.3 is 0 Å². The van der Waals surface area contributed by atoms with E-state index in [-0.39, 0.29) is 5.79 Å². The summed E-state index contributed by atoms with van der Waals surface area (Å²) in [5.41, 5.74) is 5.27. The first-order valence-electron chi connectivity index (χ1n) is 7.65. The summed E-state index contributed by atoms with van der Waals surface area (Å²) in [6.07, 6.45) is 7.70. The maximum Gasteiger partial charge on any atom is 0.169 e. The molecule has 1 spiro atoms. The van der Waals surface area contributed by atoms with E-state index in [2.05, 4.69) is 29.2 Å². The fraction of sp³-hybridized carbons (Fsp3) is 0.389. The Labute approximate surface area is 124 Å². The van der Waals surface area contributed by atoms with E-state index in [4.69, 9.17) is 9.47 Å². The molecule has 1 fully saturated rings. The fourth-order valence-electron chi connectivity index (χ4n) is 3.38. The predicted molar refractivity (Wildman–Crippen MR) is 81.0 cm³/mol. The first-order valence-corrected chi connectivity index (χ1v) is 7.65. The van der Waals surface area contributed by atoms with E-state index < -0.39 is 0 Å². The average Bonchev–Trinajstić information content (AvgIpc) is 2.93. The highest BCUT2D eigenvalue weighted by Crippen LogP contribution is 2.35. The Morgan fingerprint density at radius 3 is 2.48 bits per heavy atom. The Balaban J connectivity index is 1.64. The molecule has 2 aliphatic rings. The highest BCUT2D eigenvalue weighted by molar-refractivity contribution is 5.64. The van der Waals surface area contributed by atoms with E-state index in [0.29, 0.717) is 0 Å². The molecule has 0 saturated carbocycles. The molecule has 0 atom stereocenters. The van der Waals surface area contributed by atoms with Crippen molar-refractivity contribution < 1.29 is 9.47 Å². The van der Waals surface area contributed by atoms with Crippen LogP contribution in [0.2, 0.25) is 0 Å². The molecule has 0 bridgehead atoms. The summed E-state index contributed by atoms with van der Waals surface area (Å²) in [5.74, 6) is -0.326. The van der Waals surface area contributed by atoms with Crippen LogP contribution in [-0.4, -0.2) is 24.0 Å². The second-order valence-corrected chi connectivity index (χ2v) is 5.83. The summed E-state index contributed by atoms with van der Waals surface area (Å²) in [6.45, 7) is 1.47. The maximum atomic E-state index is 5.88. The van der Waals surface area contributed by atoms with E-state index in [9.17, 15) is 0 Å². The molecule has 4 rings (SSSR count). The van der Waals surface area contributed by atoms with Crippen molar-refractivity contribution in [2.24, 2.45) is 0 Å². The molecule has 1 aromatic carbocycles. The number of aromatic nitrogens is 1. The number of nitrogens with zero attached hydrogens (tertiary/aromatic N) is 1. The van der Waals surface area contributed by atoms with Crippen molar-refractivity contribution in [1.29, 1.82) is 0 Å². The molecule has 0 radical (unpaired) electrons. The topological polar surface area (TPSA) is 31.4 Å². The lowest BCUT2D eigenvalue weighted by molar-refractivity contribution is -0.164. The third-order valence-corrected chi connectivity index (χ3v) is 4.57. The van der Waals surface area contributed by atoms with Crippen LogP contribution in [0.15, 0.2) is 42.7 Å². The minimum atomic E-state index is -0.326. The predicted octanol–water partition coefficient (Wildman–Crippen LogP) is 3.37. The van der Waals surface area contributed by atoms with Crippen molar-refractivity contribution in [3.05, 3.63) is 53.9 Å². The van der Waals surface area contributed by atoms with Gasteiger partial charge in [-0.05, 0) is 41.2 Å². The zero-order chi connectivity index (χ0) is 14.1. The Morgan fingerprint density at radius 2 is 1.71 bits per heavy atom. The number of hydrogen-bond donors (Lipinski definition) is 0. The van der Waals surface area contributed by atoms with Crippen molar-refractivity contribution in [2.75, 3.05) is 13.2 Å². The molecule has 2 aromatic rings. The van der Waals surface area contributed by atoms with Gasteiger partial charge in [0, 0.05) is 25.2 Å². The molecule has 0 amide bonds. The molecule has 1 aromatic heterocycles. The van der Waals surface area contributed by atoms with Gasteiger partial charge in [-0.25, -0.2) is 0 Å². The maximum absolute atomic E-state index is 5.88. The molecule has 0 N–H and O–H groups in total. The van der Waals surface area contributed by atoms with Gasteiger partial charge in [-0.2, -0.15) is 0 Å². The van der Waals surface area contributed by atoms with Crippen LogP contribution in [0.25, 0.3) is 11.1 Å². The van der Waals surface area contributed by atoms with Gasteiger partial charge in [0.25, 0.3) is 0 Å². The van der Waals surface area contributed by atoms with E-state index in [1.165, 1.54) is 22.3 Å². The summed E-state index contributed by atoms with van der Waals surface area (Å²) < 4.78 is 11.8. The molecule has 0 unspecified atom stereocenters. The van der Waals surface area contributed by atoms with Gasteiger partial charge in [0.15, 0.2) is 5.79 Å². The number of aryl methyl sites for hydroxylation is 2. The number of rotatable bonds is 1. The van der Waals surface area contributed by atoms with Crippen LogP contribution in [0, 0.1) is 0 Å². The molecule has 2 heterocycles. The van der Waals surface area contributed by atoms with Gasteiger partial charge < -0.3 is 9.47 Å². The molecule has 21 heavy (non-hydrogen) atoms. The number of ether oxygens (including phenoxy) is 2. The van der Waals surface area contributed by atoms with Crippen molar-refractivity contribution in [2.45, 2.75) is 31.5 Å². The molecule has 108 valence electrons. The van der Waals surface area contributed by atoms with Gasteiger partial charge in [-0.1, -0.05) is 24.3 Å². The van der Waals surface area contributed by atoms with Crippen LogP contribution in [0.3, 0.4) is 0 Å². The lowest BCUT2D eigenvalue weighted by Crippen LogP contribution is -2.30. The lowest BCUT2D eigenvalue weighted by Gasteiger charge is -2.25. The largest absolute Gasteiger partial charge is 0.348 e. The molecular weight excluding hydrogens is 262 g/mol. The summed E-state index contributed by atoms with van der Waals surface area (Å²) in [7, 11) is 0. The highest BCUT2D eigenvalue weighted by atomic mass is 16.7. The van der Waals surface area contributed by atoms with Gasteiger partial charge in [-0.15, -0.1) is 0 Å². The summed E-state index contributed by atoms with van der Waals surface area (Å²) >= 11 is 0. The minimum absolute atomic E-state index is 0.326. The van der Waals surface area contributed by atoms with Gasteiger partial charge in [-0.3, -0.25) is 4.98 Å². The molecule has 1 aliphatic carbocycles. The van der Waals surface area contributed by atoms with Gasteiger partial charge in [0.2, 0.25) is 0 Å². The van der Waals surface area contributed by atoms with Crippen molar-refractivity contribution >= 4 is 0 Å². The van der Waals surface area contributed by atoms with Crippen LogP contribution in [0.4, 0.5) is 0 Å². The smallest absolute Gasteiger partial charge is 0.169 e. The second-order valence-electron chi connectivity index (χ2n) is 5.83. The first kappa shape index (κ1) is 13.0. The monoisotopic (exact) mass is 281 g/mol. The SMILES string of the molecule is c1cncc(-c2ccc3c(c2)CCC2(CC3)OCCO2)c1. The van der Waals surface area contributed by atoms with Crippen LogP contribution in [0.5, 0.6) is 0 Å². The summed E-state index contributed by atoms with van der Waals surface area (Å²) in [4.78, 5) is 4.21. The number of hydrogen-bond acceptors (Lipinski definition) is 3. The highest BCUT2D eigenvalue weighted by Gasteiger charge is 2.37.